The molecular formula is C24H15. The maximum absolute atomic E-state index is 3.60. The number of benzene rings is 5. The van der Waals surface area contributed by atoms with Gasteiger partial charge in [0.1, 0.15) is 0 Å². The highest BCUT2D eigenvalue weighted by atomic mass is 14.1. The van der Waals surface area contributed by atoms with Crippen molar-refractivity contribution < 1.29 is 0 Å². The summed E-state index contributed by atoms with van der Waals surface area (Å²) in [5.41, 5.74) is 2.39. The Morgan fingerprint density at radius 1 is 0.500 bits per heavy atom. The number of rotatable bonds is 1. The Bertz CT molecular complexity index is 1200. The van der Waals surface area contributed by atoms with Gasteiger partial charge in [-0.15, -0.1) is 0 Å². The van der Waals surface area contributed by atoms with Crippen LogP contribution in [0.5, 0.6) is 0 Å². The molecule has 0 unspecified atom stereocenters. The molecule has 0 fully saturated rings. The molecule has 0 amide bonds. The molecule has 0 spiro atoms. The van der Waals surface area contributed by atoms with Crippen molar-refractivity contribution in [3.63, 3.8) is 0 Å². The van der Waals surface area contributed by atoms with E-state index in [1.165, 1.54) is 32.5 Å². The fourth-order valence-corrected chi connectivity index (χ4v) is 3.55. The lowest BCUT2D eigenvalue weighted by molar-refractivity contribution is 1.69. The SMILES string of the molecule is [c]1c(-c2cc3ccccc3c3ccccc23)ccc2ccccc12. The molecule has 111 valence electrons. The summed E-state index contributed by atoms with van der Waals surface area (Å²) in [6, 6.07) is 35.9. The highest BCUT2D eigenvalue weighted by Gasteiger charge is 2.08. The Morgan fingerprint density at radius 3 is 2.04 bits per heavy atom. The third-order valence-corrected chi connectivity index (χ3v) is 4.72. The molecule has 1 radical (unpaired) electrons. The molecule has 0 nitrogen and oxygen atoms in total. The summed E-state index contributed by atoms with van der Waals surface area (Å²) in [5, 5.41) is 7.54. The van der Waals surface area contributed by atoms with E-state index in [-0.39, 0.29) is 0 Å². The summed E-state index contributed by atoms with van der Waals surface area (Å²) in [6.45, 7) is 0. The predicted molar refractivity (Wildman–Crippen MR) is 103 cm³/mol. The molecule has 0 atom stereocenters. The second-order valence-electron chi connectivity index (χ2n) is 6.15. The van der Waals surface area contributed by atoms with Gasteiger partial charge in [-0.3, -0.25) is 0 Å². The fourth-order valence-electron chi connectivity index (χ4n) is 3.55. The van der Waals surface area contributed by atoms with Gasteiger partial charge >= 0.3 is 0 Å². The van der Waals surface area contributed by atoms with E-state index >= 15 is 0 Å². The lowest BCUT2D eigenvalue weighted by Gasteiger charge is -2.11. The first kappa shape index (κ1) is 13.3. The van der Waals surface area contributed by atoms with Crippen molar-refractivity contribution >= 4 is 32.3 Å². The molecule has 5 aromatic rings. The van der Waals surface area contributed by atoms with Crippen LogP contribution in [0, 0.1) is 6.07 Å². The molecule has 0 aliphatic carbocycles. The quantitative estimate of drug-likeness (QED) is 0.305. The van der Waals surface area contributed by atoms with Crippen molar-refractivity contribution in [2.45, 2.75) is 0 Å². The first-order valence-electron chi connectivity index (χ1n) is 8.22. The van der Waals surface area contributed by atoms with Crippen LogP contribution in [0.3, 0.4) is 0 Å². The minimum Gasteiger partial charge on any atom is -0.0616 e. The van der Waals surface area contributed by atoms with Crippen LogP contribution in [-0.4, -0.2) is 0 Å². The van der Waals surface area contributed by atoms with Crippen LogP contribution in [0.1, 0.15) is 0 Å². The summed E-state index contributed by atoms with van der Waals surface area (Å²) in [5.74, 6) is 0. The van der Waals surface area contributed by atoms with Gasteiger partial charge in [0.2, 0.25) is 0 Å². The standard InChI is InChI=1S/C24H15/c1-2-8-18-15-20(14-13-17(18)7-1)24-16-19-9-3-4-10-21(19)22-11-5-6-12-23(22)24/h1-14,16H. The highest BCUT2D eigenvalue weighted by molar-refractivity contribution is 6.14. The van der Waals surface area contributed by atoms with Crippen molar-refractivity contribution in [1.29, 1.82) is 0 Å². The maximum Gasteiger partial charge on any atom is -0.00141 e. The number of fused-ring (bicyclic) bond motifs is 4. The first-order chi connectivity index (χ1) is 11.9. The van der Waals surface area contributed by atoms with Gasteiger partial charge in [-0.2, -0.15) is 0 Å². The molecule has 0 aliphatic rings. The summed E-state index contributed by atoms with van der Waals surface area (Å²) in [7, 11) is 0. The van der Waals surface area contributed by atoms with Crippen molar-refractivity contribution in [1.82, 2.24) is 0 Å². The van der Waals surface area contributed by atoms with Gasteiger partial charge in [0.25, 0.3) is 0 Å². The Kier molecular flexibility index (Phi) is 2.89. The smallest absolute Gasteiger partial charge is 0.00141 e. The molecule has 0 N–H and O–H groups in total. The molecule has 5 rings (SSSR count). The third-order valence-electron chi connectivity index (χ3n) is 4.72. The van der Waals surface area contributed by atoms with Crippen LogP contribution in [0.25, 0.3) is 43.4 Å². The molecule has 0 aromatic heterocycles. The van der Waals surface area contributed by atoms with Crippen LogP contribution in [0.15, 0.2) is 91.0 Å². The molecule has 0 saturated carbocycles. The minimum atomic E-state index is 1.15. The predicted octanol–water partition coefficient (Wildman–Crippen LogP) is 6.61. The van der Waals surface area contributed by atoms with E-state index in [0.29, 0.717) is 0 Å². The van der Waals surface area contributed by atoms with Crippen LogP contribution in [-0.2, 0) is 0 Å². The Balaban J connectivity index is 1.89. The zero-order valence-electron chi connectivity index (χ0n) is 13.2. The number of hydrogen-bond donors (Lipinski definition) is 0. The molecular weight excluding hydrogens is 288 g/mol. The van der Waals surface area contributed by atoms with Crippen LogP contribution < -0.4 is 0 Å². The molecule has 5 aromatic carbocycles. The second kappa shape index (κ2) is 5.21. The van der Waals surface area contributed by atoms with E-state index in [9.17, 15) is 0 Å². The average Bonchev–Trinajstić information content (AvgIpc) is 2.67. The van der Waals surface area contributed by atoms with E-state index < -0.39 is 0 Å². The zero-order valence-corrected chi connectivity index (χ0v) is 13.2. The molecule has 0 heteroatoms. The van der Waals surface area contributed by atoms with Gasteiger partial charge < -0.3 is 0 Å². The van der Waals surface area contributed by atoms with Crippen molar-refractivity contribution in [3.8, 4) is 11.1 Å². The molecule has 0 heterocycles. The molecule has 24 heavy (non-hydrogen) atoms. The minimum absolute atomic E-state index is 1.15. The highest BCUT2D eigenvalue weighted by Crippen LogP contribution is 2.35. The van der Waals surface area contributed by atoms with Crippen molar-refractivity contribution in [2.24, 2.45) is 0 Å². The van der Waals surface area contributed by atoms with Gasteiger partial charge in [-0.25, -0.2) is 0 Å². The molecule has 0 bridgehead atoms. The van der Waals surface area contributed by atoms with Gasteiger partial charge in [-0.05, 0) is 55.6 Å². The van der Waals surface area contributed by atoms with Crippen molar-refractivity contribution in [3.05, 3.63) is 97.1 Å². The summed E-state index contributed by atoms with van der Waals surface area (Å²) in [4.78, 5) is 0. The fraction of sp³-hybridized carbons (Fsp3) is 0. The monoisotopic (exact) mass is 303 g/mol. The van der Waals surface area contributed by atoms with E-state index in [0.717, 1.165) is 10.9 Å². The Hall–Kier alpha value is -3.12. The lowest BCUT2D eigenvalue weighted by atomic mass is 9.92. The average molecular weight is 303 g/mol. The molecule has 0 saturated heterocycles. The summed E-state index contributed by atoms with van der Waals surface area (Å²) < 4.78 is 0. The lowest BCUT2D eigenvalue weighted by Crippen LogP contribution is -1.85. The normalized spacial score (nSPS) is 11.3. The first-order valence-corrected chi connectivity index (χ1v) is 8.22. The van der Waals surface area contributed by atoms with E-state index in [1.807, 2.05) is 0 Å². The number of hydrogen-bond acceptors (Lipinski definition) is 0. The topological polar surface area (TPSA) is 0 Å². The third kappa shape index (κ3) is 2.00. The second-order valence-corrected chi connectivity index (χ2v) is 6.15. The van der Waals surface area contributed by atoms with Crippen LogP contribution in [0.2, 0.25) is 0 Å². The Morgan fingerprint density at radius 2 is 1.17 bits per heavy atom. The van der Waals surface area contributed by atoms with Gasteiger partial charge in [0.05, 0.1) is 0 Å². The zero-order chi connectivity index (χ0) is 15.9. The maximum atomic E-state index is 3.60. The van der Waals surface area contributed by atoms with E-state index in [4.69, 9.17) is 0 Å². The largest absolute Gasteiger partial charge is 0.0616 e. The Labute approximate surface area is 141 Å². The van der Waals surface area contributed by atoms with Crippen LogP contribution >= 0.6 is 0 Å². The summed E-state index contributed by atoms with van der Waals surface area (Å²) >= 11 is 0. The van der Waals surface area contributed by atoms with Gasteiger partial charge in [-0.1, -0.05) is 84.9 Å². The van der Waals surface area contributed by atoms with Crippen molar-refractivity contribution in [2.75, 3.05) is 0 Å². The molecule has 0 aliphatic heterocycles. The van der Waals surface area contributed by atoms with Crippen LogP contribution in [0.4, 0.5) is 0 Å². The van der Waals surface area contributed by atoms with E-state index in [1.54, 1.807) is 0 Å². The van der Waals surface area contributed by atoms with Gasteiger partial charge in [0.15, 0.2) is 0 Å². The summed E-state index contributed by atoms with van der Waals surface area (Å²) in [6.07, 6.45) is 0. The van der Waals surface area contributed by atoms with Gasteiger partial charge in [0, 0.05) is 0 Å². The van der Waals surface area contributed by atoms with E-state index in [2.05, 4.69) is 97.1 Å².